The molecular formula is C12H14N2O3S. The third-order valence-electron chi connectivity index (χ3n) is 2.50. The summed E-state index contributed by atoms with van der Waals surface area (Å²) in [5.41, 5.74) is 0.00825. The van der Waals surface area contributed by atoms with Crippen LogP contribution in [0.4, 0.5) is 0 Å². The second-order valence-corrected chi connectivity index (χ2v) is 5.01. The minimum Gasteiger partial charge on any atom is -0.462 e. The molecule has 0 aliphatic carbocycles. The van der Waals surface area contributed by atoms with Crippen LogP contribution in [0.1, 0.15) is 42.9 Å². The number of aromatic nitrogens is 2. The van der Waals surface area contributed by atoms with Crippen molar-refractivity contribution < 1.29 is 9.53 Å². The summed E-state index contributed by atoms with van der Waals surface area (Å²) in [6.45, 7) is 5.91. The summed E-state index contributed by atoms with van der Waals surface area (Å²) < 4.78 is 4.91. The van der Waals surface area contributed by atoms with Crippen molar-refractivity contribution in [3.8, 4) is 0 Å². The van der Waals surface area contributed by atoms with Crippen molar-refractivity contribution in [2.24, 2.45) is 0 Å². The number of esters is 1. The number of H-pyrrole nitrogens is 1. The topological polar surface area (TPSA) is 72.0 Å². The monoisotopic (exact) mass is 266 g/mol. The SMILES string of the molecule is CCOC(=O)c1csc2nc(C(C)C)[nH]c(=O)c12. The first-order valence-corrected chi connectivity index (χ1v) is 6.61. The first kappa shape index (κ1) is 12.8. The van der Waals surface area contributed by atoms with Gasteiger partial charge in [-0.15, -0.1) is 11.3 Å². The molecule has 0 saturated heterocycles. The quantitative estimate of drug-likeness (QED) is 0.865. The largest absolute Gasteiger partial charge is 0.462 e. The van der Waals surface area contributed by atoms with E-state index in [0.717, 1.165) is 0 Å². The number of ether oxygens (including phenoxy) is 1. The maximum atomic E-state index is 12.0. The average molecular weight is 266 g/mol. The van der Waals surface area contributed by atoms with Crippen molar-refractivity contribution in [1.29, 1.82) is 0 Å². The van der Waals surface area contributed by atoms with Gasteiger partial charge in [0, 0.05) is 11.3 Å². The predicted molar refractivity (Wildman–Crippen MR) is 70.3 cm³/mol. The van der Waals surface area contributed by atoms with Gasteiger partial charge in [-0.05, 0) is 6.92 Å². The molecule has 0 aliphatic rings. The van der Waals surface area contributed by atoms with E-state index in [1.165, 1.54) is 11.3 Å². The number of hydrogen-bond donors (Lipinski definition) is 1. The molecule has 6 heteroatoms. The van der Waals surface area contributed by atoms with E-state index in [0.29, 0.717) is 21.6 Å². The highest BCUT2D eigenvalue weighted by Crippen LogP contribution is 2.23. The maximum Gasteiger partial charge on any atom is 0.339 e. The smallest absolute Gasteiger partial charge is 0.339 e. The molecule has 2 heterocycles. The molecule has 0 spiro atoms. The molecule has 5 nitrogen and oxygen atoms in total. The molecule has 2 aromatic rings. The van der Waals surface area contributed by atoms with Gasteiger partial charge in [0.1, 0.15) is 10.7 Å². The minimum atomic E-state index is -0.478. The Bertz CT molecular complexity index is 642. The van der Waals surface area contributed by atoms with Crippen molar-refractivity contribution in [1.82, 2.24) is 9.97 Å². The molecule has 1 N–H and O–H groups in total. The Labute approximate surface area is 108 Å². The second kappa shape index (κ2) is 4.89. The highest BCUT2D eigenvalue weighted by molar-refractivity contribution is 7.17. The van der Waals surface area contributed by atoms with Gasteiger partial charge in [-0.1, -0.05) is 13.8 Å². The Kier molecular flexibility index (Phi) is 3.47. The van der Waals surface area contributed by atoms with Crippen LogP contribution in [0, 0.1) is 0 Å². The van der Waals surface area contributed by atoms with E-state index < -0.39 is 5.97 Å². The van der Waals surface area contributed by atoms with E-state index in [2.05, 4.69) is 9.97 Å². The number of aromatic amines is 1. The molecule has 0 bridgehead atoms. The van der Waals surface area contributed by atoms with Gasteiger partial charge >= 0.3 is 5.97 Å². The molecule has 2 aromatic heterocycles. The number of nitrogens with zero attached hydrogens (tertiary/aromatic N) is 1. The number of rotatable bonds is 3. The Morgan fingerprint density at radius 2 is 2.28 bits per heavy atom. The fourth-order valence-corrected chi connectivity index (χ4v) is 2.51. The fourth-order valence-electron chi connectivity index (χ4n) is 1.60. The fraction of sp³-hybridized carbons (Fsp3) is 0.417. The van der Waals surface area contributed by atoms with Crippen LogP contribution in [-0.2, 0) is 4.74 Å². The lowest BCUT2D eigenvalue weighted by Crippen LogP contribution is -2.15. The third-order valence-corrected chi connectivity index (χ3v) is 3.38. The summed E-state index contributed by atoms with van der Waals surface area (Å²) in [6.07, 6.45) is 0. The molecule has 2 rings (SSSR count). The zero-order valence-electron chi connectivity index (χ0n) is 10.4. The van der Waals surface area contributed by atoms with E-state index >= 15 is 0 Å². The summed E-state index contributed by atoms with van der Waals surface area (Å²) in [4.78, 5) is 31.3. The van der Waals surface area contributed by atoms with Crippen LogP contribution in [0.3, 0.4) is 0 Å². The molecule has 0 unspecified atom stereocenters. The maximum absolute atomic E-state index is 12.0. The molecule has 0 saturated carbocycles. The molecule has 0 radical (unpaired) electrons. The first-order chi connectivity index (χ1) is 8.54. The van der Waals surface area contributed by atoms with Crippen LogP contribution >= 0.6 is 11.3 Å². The molecule has 18 heavy (non-hydrogen) atoms. The van der Waals surface area contributed by atoms with Crippen molar-refractivity contribution in [2.45, 2.75) is 26.7 Å². The molecule has 0 fully saturated rings. The number of nitrogens with one attached hydrogen (secondary N) is 1. The van der Waals surface area contributed by atoms with E-state index in [1.54, 1.807) is 12.3 Å². The second-order valence-electron chi connectivity index (χ2n) is 4.16. The van der Waals surface area contributed by atoms with E-state index in [-0.39, 0.29) is 18.1 Å². The molecule has 96 valence electrons. The number of hydrogen-bond acceptors (Lipinski definition) is 5. The van der Waals surface area contributed by atoms with Crippen molar-refractivity contribution in [2.75, 3.05) is 6.61 Å². The van der Waals surface area contributed by atoms with Gasteiger partial charge in [-0.25, -0.2) is 9.78 Å². The van der Waals surface area contributed by atoms with Gasteiger partial charge in [0.05, 0.1) is 17.6 Å². The zero-order valence-corrected chi connectivity index (χ0v) is 11.3. The summed E-state index contributed by atoms with van der Waals surface area (Å²) in [5, 5.41) is 1.94. The van der Waals surface area contributed by atoms with Gasteiger partial charge in [0.2, 0.25) is 0 Å². The highest BCUT2D eigenvalue weighted by atomic mass is 32.1. The van der Waals surface area contributed by atoms with Crippen molar-refractivity contribution in [3.05, 3.63) is 27.1 Å². The highest BCUT2D eigenvalue weighted by Gasteiger charge is 2.18. The number of carbonyl (C=O) groups excluding carboxylic acids is 1. The third kappa shape index (κ3) is 2.15. The Morgan fingerprint density at radius 1 is 1.56 bits per heavy atom. The summed E-state index contributed by atoms with van der Waals surface area (Å²) in [5.74, 6) is 0.286. The van der Waals surface area contributed by atoms with Gasteiger partial charge in [0.15, 0.2) is 0 Å². The molecule has 0 aromatic carbocycles. The molecule has 0 atom stereocenters. The average Bonchev–Trinajstić information content (AvgIpc) is 2.73. The Balaban J connectivity index is 2.61. The van der Waals surface area contributed by atoms with Gasteiger partial charge in [0.25, 0.3) is 5.56 Å². The van der Waals surface area contributed by atoms with Crippen LogP contribution in [-0.4, -0.2) is 22.5 Å². The molecular weight excluding hydrogens is 252 g/mol. The van der Waals surface area contributed by atoms with E-state index in [4.69, 9.17) is 4.74 Å². The Morgan fingerprint density at radius 3 is 2.89 bits per heavy atom. The van der Waals surface area contributed by atoms with Crippen LogP contribution < -0.4 is 5.56 Å². The number of fused-ring (bicyclic) bond motifs is 1. The first-order valence-electron chi connectivity index (χ1n) is 5.73. The lowest BCUT2D eigenvalue weighted by molar-refractivity contribution is 0.0529. The summed E-state index contributed by atoms with van der Waals surface area (Å²) in [7, 11) is 0. The van der Waals surface area contributed by atoms with Crippen LogP contribution in [0.25, 0.3) is 10.2 Å². The predicted octanol–water partition coefficient (Wildman–Crippen LogP) is 2.28. The summed E-state index contributed by atoms with van der Waals surface area (Å²) >= 11 is 1.28. The lowest BCUT2D eigenvalue weighted by atomic mass is 10.2. The number of thiophene rings is 1. The van der Waals surface area contributed by atoms with Crippen molar-refractivity contribution >= 4 is 27.5 Å². The van der Waals surface area contributed by atoms with Gasteiger partial charge in [-0.2, -0.15) is 0 Å². The lowest BCUT2D eigenvalue weighted by Gasteiger charge is -2.04. The Hall–Kier alpha value is -1.69. The van der Waals surface area contributed by atoms with Crippen LogP contribution in [0.5, 0.6) is 0 Å². The number of carbonyl (C=O) groups is 1. The zero-order chi connectivity index (χ0) is 13.3. The molecule has 0 aliphatic heterocycles. The normalized spacial score (nSPS) is 11.1. The minimum absolute atomic E-state index is 0.134. The van der Waals surface area contributed by atoms with Crippen LogP contribution in [0.15, 0.2) is 10.2 Å². The standard InChI is InChI=1S/C12H14N2O3S/c1-4-17-12(16)7-5-18-11-8(7)10(15)13-9(14-11)6(2)3/h5-6H,4H2,1-3H3,(H,13,14,15). The van der Waals surface area contributed by atoms with Crippen molar-refractivity contribution in [3.63, 3.8) is 0 Å². The summed E-state index contributed by atoms with van der Waals surface area (Å²) in [6, 6.07) is 0. The van der Waals surface area contributed by atoms with E-state index in [9.17, 15) is 9.59 Å². The van der Waals surface area contributed by atoms with Gasteiger partial charge < -0.3 is 9.72 Å². The van der Waals surface area contributed by atoms with Gasteiger partial charge in [-0.3, -0.25) is 4.79 Å². The molecule has 0 amide bonds. The van der Waals surface area contributed by atoms with Crippen LogP contribution in [0.2, 0.25) is 0 Å². The van der Waals surface area contributed by atoms with E-state index in [1.807, 2.05) is 13.8 Å².